The molecule has 2 N–H and O–H groups in total. The standard InChI is InChI=1S/C10H18BrN3/c1-6(2)9(5-12)14-8(4)10(11)7(3)13-14/h6,9H,5,12H2,1-4H3. The molecule has 0 radical (unpaired) electrons. The third kappa shape index (κ3) is 2.01. The summed E-state index contributed by atoms with van der Waals surface area (Å²) in [6.45, 7) is 9.03. The van der Waals surface area contributed by atoms with Gasteiger partial charge in [-0.3, -0.25) is 4.68 Å². The normalized spacial score (nSPS) is 13.6. The molecular formula is C10H18BrN3. The van der Waals surface area contributed by atoms with E-state index in [1.165, 1.54) is 0 Å². The van der Waals surface area contributed by atoms with Crippen molar-refractivity contribution < 1.29 is 0 Å². The fourth-order valence-corrected chi connectivity index (χ4v) is 1.88. The topological polar surface area (TPSA) is 43.8 Å². The van der Waals surface area contributed by atoms with Crippen molar-refractivity contribution in [2.75, 3.05) is 6.54 Å². The number of nitrogens with two attached hydrogens (primary N) is 1. The average molecular weight is 260 g/mol. The van der Waals surface area contributed by atoms with E-state index in [0.717, 1.165) is 15.9 Å². The minimum Gasteiger partial charge on any atom is -0.328 e. The van der Waals surface area contributed by atoms with Crippen molar-refractivity contribution >= 4 is 15.9 Å². The first-order chi connectivity index (χ1) is 6.49. The number of nitrogens with zero attached hydrogens (tertiary/aromatic N) is 2. The van der Waals surface area contributed by atoms with Crippen LogP contribution < -0.4 is 5.73 Å². The number of aryl methyl sites for hydroxylation is 1. The number of hydrogen-bond acceptors (Lipinski definition) is 2. The minimum atomic E-state index is 0.292. The summed E-state index contributed by atoms with van der Waals surface area (Å²) in [5, 5.41) is 4.49. The first kappa shape index (κ1) is 11.7. The van der Waals surface area contributed by atoms with Gasteiger partial charge in [0.1, 0.15) is 0 Å². The van der Waals surface area contributed by atoms with Crippen molar-refractivity contribution in [3.05, 3.63) is 15.9 Å². The van der Waals surface area contributed by atoms with E-state index < -0.39 is 0 Å². The van der Waals surface area contributed by atoms with Crippen LogP contribution in [0, 0.1) is 19.8 Å². The van der Waals surface area contributed by atoms with Crippen LogP contribution in [0.1, 0.15) is 31.3 Å². The molecule has 0 bridgehead atoms. The van der Waals surface area contributed by atoms with Crippen molar-refractivity contribution in [3.8, 4) is 0 Å². The zero-order valence-corrected chi connectivity index (χ0v) is 10.8. The lowest BCUT2D eigenvalue weighted by atomic mass is 10.1. The molecule has 0 fully saturated rings. The van der Waals surface area contributed by atoms with Gasteiger partial charge < -0.3 is 5.73 Å². The lowest BCUT2D eigenvalue weighted by Crippen LogP contribution is -2.25. The lowest BCUT2D eigenvalue weighted by Gasteiger charge is -2.21. The Morgan fingerprint density at radius 2 is 2.00 bits per heavy atom. The molecule has 4 heteroatoms. The summed E-state index contributed by atoms with van der Waals surface area (Å²) in [5.74, 6) is 0.505. The van der Waals surface area contributed by atoms with Crippen LogP contribution in [0.3, 0.4) is 0 Å². The van der Waals surface area contributed by atoms with Crippen LogP contribution in [0.15, 0.2) is 4.47 Å². The fraction of sp³-hybridized carbons (Fsp3) is 0.700. The third-order valence-corrected chi connectivity index (χ3v) is 3.71. The summed E-state index contributed by atoms with van der Waals surface area (Å²) in [6, 6.07) is 0.292. The Morgan fingerprint density at radius 3 is 2.29 bits per heavy atom. The van der Waals surface area contributed by atoms with Crippen LogP contribution >= 0.6 is 15.9 Å². The second-order valence-electron chi connectivity index (χ2n) is 3.98. The van der Waals surface area contributed by atoms with Gasteiger partial charge in [-0.1, -0.05) is 13.8 Å². The second-order valence-corrected chi connectivity index (χ2v) is 4.77. The Labute approximate surface area is 93.8 Å². The Balaban J connectivity index is 3.11. The van der Waals surface area contributed by atoms with Crippen LogP contribution in [-0.4, -0.2) is 16.3 Å². The molecule has 14 heavy (non-hydrogen) atoms. The summed E-state index contributed by atoms with van der Waals surface area (Å²) < 4.78 is 3.13. The van der Waals surface area contributed by atoms with Crippen molar-refractivity contribution in [1.29, 1.82) is 0 Å². The summed E-state index contributed by atoms with van der Waals surface area (Å²) in [5.41, 5.74) is 7.95. The van der Waals surface area contributed by atoms with Gasteiger partial charge in [0.15, 0.2) is 0 Å². The molecular weight excluding hydrogens is 242 g/mol. The highest BCUT2D eigenvalue weighted by Crippen LogP contribution is 2.25. The van der Waals surface area contributed by atoms with E-state index in [0.29, 0.717) is 18.5 Å². The molecule has 0 aliphatic rings. The van der Waals surface area contributed by atoms with Crippen molar-refractivity contribution in [1.82, 2.24) is 9.78 Å². The lowest BCUT2D eigenvalue weighted by molar-refractivity contribution is 0.347. The molecule has 1 aromatic rings. The Hall–Kier alpha value is -0.350. The highest BCUT2D eigenvalue weighted by molar-refractivity contribution is 9.10. The molecule has 0 aliphatic carbocycles. The largest absolute Gasteiger partial charge is 0.328 e. The second kappa shape index (κ2) is 4.45. The zero-order valence-electron chi connectivity index (χ0n) is 9.21. The van der Waals surface area contributed by atoms with Gasteiger partial charge in [0.2, 0.25) is 0 Å². The van der Waals surface area contributed by atoms with Crippen LogP contribution in [-0.2, 0) is 0 Å². The highest BCUT2D eigenvalue weighted by atomic mass is 79.9. The molecule has 3 nitrogen and oxygen atoms in total. The van der Waals surface area contributed by atoms with E-state index in [4.69, 9.17) is 5.73 Å². The third-order valence-electron chi connectivity index (χ3n) is 2.56. The monoisotopic (exact) mass is 259 g/mol. The van der Waals surface area contributed by atoms with Gasteiger partial charge in [0, 0.05) is 6.54 Å². The molecule has 80 valence electrons. The molecule has 1 heterocycles. The van der Waals surface area contributed by atoms with Gasteiger partial charge in [-0.15, -0.1) is 0 Å². The predicted molar refractivity (Wildman–Crippen MR) is 62.3 cm³/mol. The van der Waals surface area contributed by atoms with E-state index in [1.807, 2.05) is 11.6 Å². The van der Waals surface area contributed by atoms with Gasteiger partial charge in [0.05, 0.1) is 21.9 Å². The first-order valence-electron chi connectivity index (χ1n) is 4.90. The Bertz CT molecular complexity index is 317. The van der Waals surface area contributed by atoms with Gasteiger partial charge in [-0.25, -0.2) is 0 Å². The summed E-state index contributed by atoms with van der Waals surface area (Å²) >= 11 is 3.52. The van der Waals surface area contributed by atoms with E-state index >= 15 is 0 Å². The maximum absolute atomic E-state index is 5.76. The smallest absolute Gasteiger partial charge is 0.0738 e. The molecule has 0 saturated heterocycles. The molecule has 0 saturated carbocycles. The van der Waals surface area contributed by atoms with Crippen LogP contribution in [0.5, 0.6) is 0 Å². The molecule has 0 aliphatic heterocycles. The Kier molecular flexibility index (Phi) is 3.72. The minimum absolute atomic E-state index is 0.292. The van der Waals surface area contributed by atoms with Gasteiger partial charge in [-0.2, -0.15) is 5.10 Å². The molecule has 1 unspecified atom stereocenters. The van der Waals surface area contributed by atoms with Crippen LogP contribution in [0.25, 0.3) is 0 Å². The van der Waals surface area contributed by atoms with Crippen molar-refractivity contribution in [2.45, 2.75) is 33.7 Å². The molecule has 0 amide bonds. The SMILES string of the molecule is Cc1nn(C(CN)C(C)C)c(C)c1Br. The molecule has 1 aromatic heterocycles. The van der Waals surface area contributed by atoms with Crippen molar-refractivity contribution in [2.24, 2.45) is 11.7 Å². The summed E-state index contributed by atoms with van der Waals surface area (Å²) in [6.07, 6.45) is 0. The summed E-state index contributed by atoms with van der Waals surface area (Å²) in [4.78, 5) is 0. The maximum Gasteiger partial charge on any atom is 0.0738 e. The highest BCUT2D eigenvalue weighted by Gasteiger charge is 2.19. The van der Waals surface area contributed by atoms with Crippen molar-refractivity contribution in [3.63, 3.8) is 0 Å². The fourth-order valence-electron chi connectivity index (χ4n) is 1.62. The number of rotatable bonds is 3. The van der Waals surface area contributed by atoms with E-state index in [2.05, 4.69) is 41.8 Å². The van der Waals surface area contributed by atoms with Gasteiger partial charge in [0.25, 0.3) is 0 Å². The Morgan fingerprint density at radius 1 is 1.43 bits per heavy atom. The molecule has 1 rings (SSSR count). The molecule has 0 spiro atoms. The molecule has 0 aromatic carbocycles. The van der Waals surface area contributed by atoms with Crippen LogP contribution in [0.2, 0.25) is 0 Å². The first-order valence-corrected chi connectivity index (χ1v) is 5.69. The predicted octanol–water partition coefficient (Wildman–Crippen LogP) is 2.42. The molecule has 1 atom stereocenters. The number of halogens is 1. The van der Waals surface area contributed by atoms with Crippen LogP contribution in [0.4, 0.5) is 0 Å². The average Bonchev–Trinajstić information content (AvgIpc) is 2.35. The van der Waals surface area contributed by atoms with E-state index in [9.17, 15) is 0 Å². The van der Waals surface area contributed by atoms with Gasteiger partial charge >= 0.3 is 0 Å². The number of aromatic nitrogens is 2. The number of hydrogen-bond donors (Lipinski definition) is 1. The maximum atomic E-state index is 5.76. The van der Waals surface area contributed by atoms with Gasteiger partial charge in [-0.05, 0) is 35.7 Å². The van der Waals surface area contributed by atoms with E-state index in [1.54, 1.807) is 0 Å². The summed E-state index contributed by atoms with van der Waals surface area (Å²) in [7, 11) is 0. The zero-order chi connectivity index (χ0) is 10.9. The van der Waals surface area contributed by atoms with E-state index in [-0.39, 0.29) is 0 Å². The quantitative estimate of drug-likeness (QED) is 0.907.